The van der Waals surface area contributed by atoms with Crippen LogP contribution in [0.2, 0.25) is 4.13 Å². The summed E-state index contributed by atoms with van der Waals surface area (Å²) in [5, 5.41) is 25.1. The maximum atomic E-state index is 9.64. The van der Waals surface area contributed by atoms with Crippen LogP contribution in [0, 0.1) is 0 Å². The number of carboxylic acid groups (broad SMARTS) is 2. The maximum absolute atomic E-state index is 9.64. The van der Waals surface area contributed by atoms with E-state index in [9.17, 15) is 17.9 Å². The number of aromatic hydroxyl groups is 1. The van der Waals surface area contributed by atoms with Crippen molar-refractivity contribution in [3.05, 3.63) is 75.6 Å². The summed E-state index contributed by atoms with van der Waals surface area (Å²) in [7, 11) is 0. The number of carbonyl (C=O) groups is 2. The molecule has 0 unspecified atom stereocenters. The van der Waals surface area contributed by atoms with Gasteiger partial charge in [-0.05, 0) is 13.8 Å². The van der Waals surface area contributed by atoms with Crippen molar-refractivity contribution in [2.24, 2.45) is 0 Å². The second-order valence-electron chi connectivity index (χ2n) is 6.94. The summed E-state index contributed by atoms with van der Waals surface area (Å²) >= 11 is -2.19. The molecule has 0 amide bonds. The Balaban J connectivity index is 0.000000542. The van der Waals surface area contributed by atoms with Crippen molar-refractivity contribution in [1.82, 2.24) is 0 Å². The topological polar surface area (TPSA) is 115 Å². The van der Waals surface area contributed by atoms with Gasteiger partial charge in [-0.3, -0.25) is 0 Å². The van der Waals surface area contributed by atoms with E-state index < -0.39 is 34.1 Å². The summed E-state index contributed by atoms with van der Waals surface area (Å²) < 4.78 is 12.6. The molecule has 1 heterocycles. The van der Waals surface area contributed by atoms with E-state index >= 15 is 0 Å². The number of hydrogen-bond acceptors (Lipinski definition) is 4. The first kappa shape index (κ1) is 26.8. The predicted molar refractivity (Wildman–Crippen MR) is 116 cm³/mol. The predicted octanol–water partition coefficient (Wildman–Crippen LogP) is 3.98. The number of rotatable bonds is 4. The first-order valence-corrected chi connectivity index (χ1v) is 14.7. The molecule has 0 saturated carbocycles. The average molecular weight is 598 g/mol. The van der Waals surface area contributed by atoms with Gasteiger partial charge < -0.3 is 10.2 Å². The van der Waals surface area contributed by atoms with Crippen LogP contribution in [0.25, 0.3) is 0 Å². The molecule has 0 aromatic heterocycles. The van der Waals surface area contributed by atoms with E-state index in [0.717, 1.165) is 4.13 Å². The van der Waals surface area contributed by atoms with Crippen LogP contribution in [0.5, 0.6) is 5.75 Å². The van der Waals surface area contributed by atoms with Gasteiger partial charge in [0.2, 0.25) is 0 Å². The number of benzene rings is 1. The zero-order valence-electron chi connectivity index (χ0n) is 17.2. The molecule has 1 aliphatic rings. The van der Waals surface area contributed by atoms with Crippen molar-refractivity contribution >= 4 is 34.1 Å². The molecule has 1 aromatic carbocycles. The monoisotopic (exact) mass is 598 g/mol. The van der Waals surface area contributed by atoms with Crippen LogP contribution < -0.4 is 0 Å². The minimum atomic E-state index is -2.19. The first-order chi connectivity index (χ1) is 13.3. The molecule has 0 fully saturated rings. The summed E-state index contributed by atoms with van der Waals surface area (Å²) in [6.45, 7) is 13.5. The molecule has 1 aromatic rings. The fourth-order valence-electron chi connectivity index (χ4n) is 2.00. The van der Waals surface area contributed by atoms with Gasteiger partial charge in [0.25, 0.3) is 0 Å². The zero-order chi connectivity index (χ0) is 22.8. The summed E-state index contributed by atoms with van der Waals surface area (Å²) in [5.41, 5.74) is 2.71. The van der Waals surface area contributed by atoms with Crippen molar-refractivity contribution in [3.8, 4) is 5.75 Å². The van der Waals surface area contributed by atoms with E-state index in [-0.39, 0.29) is 16.6 Å². The van der Waals surface area contributed by atoms with Crippen LogP contribution in [0.4, 0.5) is 0 Å². The Morgan fingerprint density at radius 1 is 1.00 bits per heavy atom. The van der Waals surface area contributed by atoms with Gasteiger partial charge in [-0.15, -0.1) is 0 Å². The van der Waals surface area contributed by atoms with E-state index in [2.05, 4.69) is 39.2 Å². The molecule has 0 spiro atoms. The van der Waals surface area contributed by atoms with Gasteiger partial charge in [0.15, 0.2) is 0 Å². The number of hydrogen-bond donors (Lipinski definition) is 4. The molecule has 0 aliphatic carbocycles. The Hall–Kier alpha value is -2.24. The van der Waals surface area contributed by atoms with Crippen LogP contribution >= 0.6 is 0 Å². The van der Waals surface area contributed by atoms with E-state index in [4.69, 9.17) is 10.2 Å². The molecule has 158 valence electrons. The molecule has 29 heavy (non-hydrogen) atoms. The summed E-state index contributed by atoms with van der Waals surface area (Å²) in [5.74, 6) is -1.57. The van der Waals surface area contributed by atoms with Crippen molar-refractivity contribution < 1.29 is 28.1 Å². The average Bonchev–Trinajstić information content (AvgIpc) is 2.63. The second kappa shape index (κ2) is 12.4. The molecular formula is C22H29BiO6. The van der Waals surface area contributed by atoms with Crippen LogP contribution in [-0.4, -0.2) is 52.6 Å². The Kier molecular flexibility index (Phi) is 11.4. The second-order valence-corrected chi connectivity index (χ2v) is 12.9. The Morgan fingerprint density at radius 2 is 1.41 bits per heavy atom. The Morgan fingerprint density at radius 3 is 1.72 bits per heavy atom. The number of phenolic OH excluding ortho intramolecular Hbond substituents is 1. The van der Waals surface area contributed by atoms with Crippen LogP contribution in [-0.2, 0) is 15.0 Å². The third-order valence-corrected chi connectivity index (χ3v) is 8.05. The normalized spacial score (nSPS) is 13.1. The van der Waals surface area contributed by atoms with Gasteiger partial charge in [0, 0.05) is 11.1 Å². The SMILES string of the molecule is C=C(C)C(=O)O.C=C(C)C(=O)O.CC(C)(C1=C[CH2][Bi]([OH])[CH]=C1)c1ccc(O)cc1. The van der Waals surface area contributed by atoms with Crippen molar-refractivity contribution in [2.75, 3.05) is 0 Å². The van der Waals surface area contributed by atoms with Gasteiger partial charge in [0.1, 0.15) is 0 Å². The molecule has 0 radical (unpaired) electrons. The van der Waals surface area contributed by atoms with Crippen molar-refractivity contribution in [3.63, 3.8) is 0 Å². The Bertz CT molecular complexity index is 755. The minimum absolute atomic E-state index is 0.0742. The van der Waals surface area contributed by atoms with E-state index in [0.29, 0.717) is 5.75 Å². The van der Waals surface area contributed by atoms with Crippen LogP contribution in [0.1, 0.15) is 33.3 Å². The summed E-state index contributed by atoms with van der Waals surface area (Å²) in [6.07, 6.45) is 4.25. The summed E-state index contributed by atoms with van der Waals surface area (Å²) in [4.78, 5) is 19.2. The van der Waals surface area contributed by atoms with E-state index in [1.807, 2.05) is 15.9 Å². The first-order valence-electron chi connectivity index (χ1n) is 8.70. The molecule has 0 atom stereocenters. The number of allylic oxidation sites excluding steroid dienone is 3. The molecule has 2 rings (SSSR count). The van der Waals surface area contributed by atoms with Crippen LogP contribution in [0.15, 0.2) is 70.1 Å². The van der Waals surface area contributed by atoms with Crippen molar-refractivity contribution in [2.45, 2.75) is 37.2 Å². The standard InChI is InChI=1S/C14H16O.2C4H6O2.Bi.H2O/c1-5-11(6-2)14(3,4)12-7-9-13(15)10-8-12;2*1-3(2)4(5)6;;/h1,5-10,15H,2H2,3-4H3;2*1H2,2H3,(H,5,6);;1H2/q;;;+1;/p-1. The molecule has 6 nitrogen and oxygen atoms in total. The van der Waals surface area contributed by atoms with E-state index in [1.54, 1.807) is 12.1 Å². The van der Waals surface area contributed by atoms with Gasteiger partial charge in [0.05, 0.1) is 0 Å². The summed E-state index contributed by atoms with van der Waals surface area (Å²) in [6, 6.07) is 7.35. The quantitative estimate of drug-likeness (QED) is 0.308. The molecule has 1 aliphatic heterocycles. The van der Waals surface area contributed by atoms with Crippen molar-refractivity contribution in [1.29, 1.82) is 0 Å². The van der Waals surface area contributed by atoms with E-state index in [1.165, 1.54) is 25.0 Å². The number of phenols is 1. The molecule has 0 saturated heterocycles. The van der Waals surface area contributed by atoms with Gasteiger partial charge in [-0.25, -0.2) is 9.59 Å². The van der Waals surface area contributed by atoms with Gasteiger partial charge in [-0.2, -0.15) is 0 Å². The van der Waals surface area contributed by atoms with Crippen LogP contribution in [0.3, 0.4) is 0 Å². The molecule has 7 heteroatoms. The Labute approximate surface area is 180 Å². The van der Waals surface area contributed by atoms with Gasteiger partial charge in [-0.1, -0.05) is 13.2 Å². The fourth-order valence-corrected chi connectivity index (χ4v) is 5.25. The molecule has 4 N–H and O–H groups in total. The number of aliphatic carboxylic acids is 2. The fraction of sp³-hybridized carbons (Fsp3) is 0.273. The zero-order valence-corrected chi connectivity index (χ0v) is 20.7. The third-order valence-electron chi connectivity index (χ3n) is 3.97. The third kappa shape index (κ3) is 10.2. The molecular weight excluding hydrogens is 569 g/mol. The number of carboxylic acids is 2. The van der Waals surface area contributed by atoms with Gasteiger partial charge >= 0.3 is 123 Å². The molecule has 0 bridgehead atoms.